The summed E-state index contributed by atoms with van der Waals surface area (Å²) in [6.07, 6.45) is 0.838. The van der Waals surface area contributed by atoms with Crippen LogP contribution >= 0.6 is 11.6 Å². The van der Waals surface area contributed by atoms with E-state index in [0.29, 0.717) is 35.8 Å². The SMILES string of the molecule is COc1ccc(S(=O)(=O)N2CCC(C(=O)Nc3ccc(OC)c(OC)c3)CC2)cc1Cl. The second-order valence-corrected chi connectivity index (χ2v) is 9.38. The lowest BCUT2D eigenvalue weighted by atomic mass is 9.97. The van der Waals surface area contributed by atoms with E-state index in [0.717, 1.165) is 0 Å². The molecule has 1 amide bonds. The fourth-order valence-electron chi connectivity index (χ4n) is 3.47. The number of methoxy groups -OCH3 is 3. The Bertz CT molecular complexity index is 1050. The predicted molar refractivity (Wildman–Crippen MR) is 118 cm³/mol. The highest BCUT2D eigenvalue weighted by Crippen LogP contribution is 2.32. The fourth-order valence-corrected chi connectivity index (χ4v) is 5.29. The molecule has 0 aromatic heterocycles. The molecule has 3 rings (SSSR count). The zero-order valence-electron chi connectivity index (χ0n) is 17.6. The molecule has 1 aliphatic rings. The quantitative estimate of drug-likeness (QED) is 0.669. The van der Waals surface area contributed by atoms with Gasteiger partial charge in [0.15, 0.2) is 11.5 Å². The molecule has 8 nitrogen and oxygen atoms in total. The number of carbonyl (C=O) groups excluding carboxylic acids is 1. The molecule has 0 atom stereocenters. The molecule has 1 fully saturated rings. The van der Waals surface area contributed by atoms with Crippen molar-refractivity contribution < 1.29 is 27.4 Å². The highest BCUT2D eigenvalue weighted by Gasteiger charge is 2.32. The van der Waals surface area contributed by atoms with Crippen molar-refractivity contribution in [1.82, 2.24) is 4.31 Å². The van der Waals surface area contributed by atoms with E-state index in [4.69, 9.17) is 25.8 Å². The third-order valence-electron chi connectivity index (χ3n) is 5.24. The van der Waals surface area contributed by atoms with Crippen LogP contribution in [0.15, 0.2) is 41.3 Å². The van der Waals surface area contributed by atoms with E-state index in [1.54, 1.807) is 18.2 Å². The van der Waals surface area contributed by atoms with Crippen LogP contribution in [-0.4, -0.2) is 53.0 Å². The fraction of sp³-hybridized carbons (Fsp3) is 0.381. The van der Waals surface area contributed by atoms with Crippen molar-refractivity contribution >= 4 is 33.2 Å². The highest BCUT2D eigenvalue weighted by molar-refractivity contribution is 7.89. The molecule has 2 aromatic rings. The van der Waals surface area contributed by atoms with Crippen LogP contribution in [0.4, 0.5) is 5.69 Å². The van der Waals surface area contributed by atoms with Gasteiger partial charge in [-0.3, -0.25) is 4.79 Å². The third-order valence-corrected chi connectivity index (χ3v) is 7.43. The Morgan fingerprint density at radius 2 is 1.58 bits per heavy atom. The summed E-state index contributed by atoms with van der Waals surface area (Å²) < 4.78 is 42.8. The number of piperidine rings is 1. The van der Waals surface area contributed by atoms with Gasteiger partial charge in [0.05, 0.1) is 31.2 Å². The predicted octanol–water partition coefficient (Wildman–Crippen LogP) is 3.41. The number of hydrogen-bond donors (Lipinski definition) is 1. The molecule has 0 bridgehead atoms. The lowest BCUT2D eigenvalue weighted by molar-refractivity contribution is -0.120. The number of ether oxygens (including phenoxy) is 3. The topological polar surface area (TPSA) is 94.2 Å². The van der Waals surface area contributed by atoms with Crippen LogP contribution in [0.2, 0.25) is 5.02 Å². The maximum absolute atomic E-state index is 12.9. The Kier molecular flexibility index (Phi) is 7.30. The van der Waals surface area contributed by atoms with E-state index in [1.807, 2.05) is 0 Å². The monoisotopic (exact) mass is 468 g/mol. The lowest BCUT2D eigenvalue weighted by Gasteiger charge is -2.30. The standard InChI is InChI=1S/C21H25ClN2O6S/c1-28-18-7-5-16(13-17(18)22)31(26,27)24-10-8-14(9-11-24)21(25)23-15-4-6-19(29-2)20(12-15)30-3/h4-7,12-14H,8-11H2,1-3H3,(H,23,25). The molecule has 0 unspecified atom stereocenters. The minimum Gasteiger partial charge on any atom is -0.495 e. The van der Waals surface area contributed by atoms with Crippen LogP contribution in [-0.2, 0) is 14.8 Å². The summed E-state index contributed by atoms with van der Waals surface area (Å²) >= 11 is 6.08. The number of hydrogen-bond acceptors (Lipinski definition) is 6. The molecule has 2 aromatic carbocycles. The number of halogens is 1. The van der Waals surface area contributed by atoms with Gasteiger partial charge in [0.2, 0.25) is 15.9 Å². The van der Waals surface area contributed by atoms with Gasteiger partial charge in [0.25, 0.3) is 0 Å². The maximum atomic E-state index is 12.9. The van der Waals surface area contributed by atoms with Crippen molar-refractivity contribution in [3.8, 4) is 17.2 Å². The van der Waals surface area contributed by atoms with Crippen molar-refractivity contribution in [2.45, 2.75) is 17.7 Å². The zero-order valence-corrected chi connectivity index (χ0v) is 19.1. The molecule has 1 N–H and O–H groups in total. The molecule has 10 heteroatoms. The molecule has 0 spiro atoms. The van der Waals surface area contributed by atoms with E-state index in [-0.39, 0.29) is 34.8 Å². The second-order valence-electron chi connectivity index (χ2n) is 7.03. The zero-order chi connectivity index (χ0) is 22.6. The first-order valence-corrected chi connectivity index (χ1v) is 11.5. The van der Waals surface area contributed by atoms with E-state index in [2.05, 4.69) is 5.32 Å². The Balaban J connectivity index is 1.63. The number of sulfonamides is 1. The Hall–Kier alpha value is -2.49. The van der Waals surface area contributed by atoms with Crippen LogP contribution < -0.4 is 19.5 Å². The highest BCUT2D eigenvalue weighted by atomic mass is 35.5. The van der Waals surface area contributed by atoms with Crippen molar-refractivity contribution in [3.05, 3.63) is 41.4 Å². The number of nitrogens with one attached hydrogen (secondary N) is 1. The largest absolute Gasteiger partial charge is 0.495 e. The summed E-state index contributed by atoms with van der Waals surface area (Å²) in [5, 5.41) is 3.10. The van der Waals surface area contributed by atoms with Crippen molar-refractivity contribution in [2.75, 3.05) is 39.7 Å². The van der Waals surface area contributed by atoms with Gasteiger partial charge in [-0.1, -0.05) is 11.6 Å². The van der Waals surface area contributed by atoms with Crippen molar-refractivity contribution in [2.24, 2.45) is 5.92 Å². The van der Waals surface area contributed by atoms with Crippen molar-refractivity contribution in [3.63, 3.8) is 0 Å². The Morgan fingerprint density at radius 1 is 0.968 bits per heavy atom. The molecular formula is C21H25ClN2O6S. The van der Waals surface area contributed by atoms with Gasteiger partial charge in [-0.2, -0.15) is 4.31 Å². The van der Waals surface area contributed by atoms with Crippen molar-refractivity contribution in [1.29, 1.82) is 0 Å². The smallest absolute Gasteiger partial charge is 0.243 e. The Labute approximate surface area is 187 Å². The number of nitrogens with zero attached hydrogens (tertiary/aromatic N) is 1. The molecular weight excluding hydrogens is 444 g/mol. The number of amides is 1. The number of benzene rings is 2. The average molecular weight is 469 g/mol. The summed E-state index contributed by atoms with van der Waals surface area (Å²) in [5.74, 6) is 1.04. The van der Waals surface area contributed by atoms with Gasteiger partial charge in [0, 0.05) is 30.8 Å². The minimum absolute atomic E-state index is 0.103. The molecule has 168 valence electrons. The summed E-state index contributed by atoms with van der Waals surface area (Å²) in [6, 6.07) is 9.50. The van der Waals surface area contributed by atoms with E-state index < -0.39 is 10.0 Å². The first kappa shape index (κ1) is 23.2. The minimum atomic E-state index is -3.70. The molecule has 0 saturated carbocycles. The van der Waals surface area contributed by atoms with Gasteiger partial charge < -0.3 is 19.5 Å². The Morgan fingerprint density at radius 3 is 2.16 bits per heavy atom. The first-order valence-electron chi connectivity index (χ1n) is 9.66. The van der Waals surface area contributed by atoms with E-state index in [1.165, 1.54) is 43.8 Å². The van der Waals surface area contributed by atoms with E-state index >= 15 is 0 Å². The summed E-state index contributed by atoms with van der Waals surface area (Å²) in [6.45, 7) is 0.492. The van der Waals surface area contributed by atoms with Gasteiger partial charge in [-0.25, -0.2) is 8.42 Å². The number of rotatable bonds is 7. The molecule has 0 aliphatic carbocycles. The maximum Gasteiger partial charge on any atom is 0.243 e. The van der Waals surface area contributed by atoms with Crippen LogP contribution in [0, 0.1) is 5.92 Å². The van der Waals surface area contributed by atoms with E-state index in [9.17, 15) is 13.2 Å². The lowest BCUT2D eigenvalue weighted by Crippen LogP contribution is -2.41. The number of anilines is 1. The summed E-state index contributed by atoms with van der Waals surface area (Å²) in [7, 11) is 0.825. The van der Waals surface area contributed by atoms with Crippen LogP contribution in [0.5, 0.6) is 17.2 Å². The van der Waals surface area contributed by atoms with Gasteiger partial charge in [-0.15, -0.1) is 0 Å². The normalized spacial score (nSPS) is 15.4. The first-order chi connectivity index (χ1) is 14.8. The van der Waals surface area contributed by atoms with Crippen LogP contribution in [0.1, 0.15) is 12.8 Å². The molecule has 31 heavy (non-hydrogen) atoms. The average Bonchev–Trinajstić information content (AvgIpc) is 2.78. The van der Waals surface area contributed by atoms with Gasteiger partial charge in [-0.05, 0) is 43.2 Å². The third kappa shape index (κ3) is 5.06. The second kappa shape index (κ2) is 9.76. The molecule has 1 saturated heterocycles. The van der Waals surface area contributed by atoms with Gasteiger partial charge in [0.1, 0.15) is 5.75 Å². The van der Waals surface area contributed by atoms with Crippen LogP contribution in [0.3, 0.4) is 0 Å². The summed E-state index contributed by atoms with van der Waals surface area (Å²) in [5.41, 5.74) is 0.588. The number of carbonyl (C=O) groups is 1. The molecule has 1 aliphatic heterocycles. The van der Waals surface area contributed by atoms with Gasteiger partial charge >= 0.3 is 0 Å². The molecule has 1 heterocycles. The molecule has 0 radical (unpaired) electrons. The van der Waals surface area contributed by atoms with Crippen LogP contribution in [0.25, 0.3) is 0 Å². The summed E-state index contributed by atoms with van der Waals surface area (Å²) in [4.78, 5) is 12.8.